The first kappa shape index (κ1) is 21.8. The molecule has 0 fully saturated rings. The minimum atomic E-state index is -4.72. The number of amides is 1. The van der Waals surface area contributed by atoms with Crippen molar-refractivity contribution in [3.8, 4) is 0 Å². The van der Waals surface area contributed by atoms with Crippen LogP contribution in [-0.2, 0) is 21.0 Å². The quantitative estimate of drug-likeness (QED) is 0.693. The number of rotatable bonds is 3. The van der Waals surface area contributed by atoms with Gasteiger partial charge in [-0.25, -0.2) is 8.42 Å². The van der Waals surface area contributed by atoms with Crippen LogP contribution >= 0.6 is 23.4 Å². The zero-order valence-electron chi connectivity index (χ0n) is 15.1. The van der Waals surface area contributed by atoms with Crippen molar-refractivity contribution in [1.29, 1.82) is 0 Å². The maximum atomic E-state index is 13.0. The maximum Gasteiger partial charge on any atom is 0.417 e. The molecule has 5 nitrogen and oxygen atoms in total. The molecule has 156 valence electrons. The van der Waals surface area contributed by atoms with Crippen molar-refractivity contribution in [3.05, 3.63) is 47.0 Å². The Bertz CT molecular complexity index is 1060. The molecule has 0 unspecified atom stereocenters. The number of thioether (sulfide) groups is 1. The number of anilines is 2. The van der Waals surface area contributed by atoms with Crippen molar-refractivity contribution in [2.24, 2.45) is 0 Å². The Balaban J connectivity index is 1.98. The van der Waals surface area contributed by atoms with Crippen LogP contribution in [0, 0.1) is 0 Å². The van der Waals surface area contributed by atoms with Crippen LogP contribution in [0.4, 0.5) is 24.5 Å². The average Bonchev–Trinajstić information content (AvgIpc) is 2.84. The Morgan fingerprint density at radius 1 is 1.21 bits per heavy atom. The summed E-state index contributed by atoms with van der Waals surface area (Å²) < 4.78 is 66.8. The maximum absolute atomic E-state index is 13.0. The van der Waals surface area contributed by atoms with Crippen LogP contribution in [0.5, 0.6) is 0 Å². The fourth-order valence-electron chi connectivity index (χ4n) is 2.87. The third-order valence-electron chi connectivity index (χ3n) is 4.22. The molecule has 1 N–H and O–H groups in total. The molecule has 2 aromatic rings. The van der Waals surface area contributed by atoms with Crippen molar-refractivity contribution < 1.29 is 26.4 Å². The van der Waals surface area contributed by atoms with Gasteiger partial charge in [-0.2, -0.15) is 13.2 Å². The van der Waals surface area contributed by atoms with Gasteiger partial charge < -0.3 is 4.90 Å². The van der Waals surface area contributed by atoms with Crippen molar-refractivity contribution in [3.63, 3.8) is 0 Å². The highest BCUT2D eigenvalue weighted by atomic mass is 35.5. The predicted molar refractivity (Wildman–Crippen MR) is 107 cm³/mol. The fraction of sp³-hybridized carbons (Fsp3) is 0.278. The summed E-state index contributed by atoms with van der Waals surface area (Å²) in [5.74, 6) is 0.565. The highest BCUT2D eigenvalue weighted by molar-refractivity contribution is 7.99. The van der Waals surface area contributed by atoms with Crippen molar-refractivity contribution in [1.82, 2.24) is 0 Å². The Morgan fingerprint density at radius 3 is 2.59 bits per heavy atom. The molecule has 0 spiro atoms. The number of halogens is 4. The SMILES string of the molecule is CC(=O)N1CCCSc2ccc(S(=O)(=O)Nc3ccc(Cl)c(C(F)(F)F)c3)cc21. The van der Waals surface area contributed by atoms with Gasteiger partial charge in [0.25, 0.3) is 10.0 Å². The second-order valence-electron chi connectivity index (χ2n) is 6.30. The van der Waals surface area contributed by atoms with Gasteiger partial charge in [-0.1, -0.05) is 11.6 Å². The first-order valence-corrected chi connectivity index (χ1v) is 11.3. The molecule has 0 atom stereocenters. The highest BCUT2D eigenvalue weighted by Gasteiger charge is 2.33. The number of nitrogens with one attached hydrogen (secondary N) is 1. The number of sulfonamides is 1. The molecule has 1 amide bonds. The summed E-state index contributed by atoms with van der Waals surface area (Å²) in [7, 11) is -4.19. The number of nitrogens with zero attached hydrogens (tertiary/aromatic N) is 1. The second kappa shape index (κ2) is 8.08. The average molecular weight is 465 g/mol. The molecule has 0 saturated heterocycles. The summed E-state index contributed by atoms with van der Waals surface area (Å²) >= 11 is 7.08. The molecule has 1 heterocycles. The van der Waals surface area contributed by atoms with Crippen LogP contribution in [0.1, 0.15) is 18.9 Å². The summed E-state index contributed by atoms with van der Waals surface area (Å²) in [6.07, 6.45) is -3.97. The molecule has 0 bridgehead atoms. The van der Waals surface area contributed by atoms with Gasteiger partial charge in [0.15, 0.2) is 0 Å². The molecule has 0 radical (unpaired) electrons. The number of carbonyl (C=O) groups is 1. The van der Waals surface area contributed by atoms with E-state index in [9.17, 15) is 26.4 Å². The number of fused-ring (bicyclic) bond motifs is 1. The largest absolute Gasteiger partial charge is 0.417 e. The lowest BCUT2D eigenvalue weighted by atomic mass is 10.2. The number of hydrogen-bond acceptors (Lipinski definition) is 4. The summed E-state index contributed by atoms with van der Waals surface area (Å²) in [4.78, 5) is 14.1. The molecule has 1 aliphatic heterocycles. The summed E-state index contributed by atoms with van der Waals surface area (Å²) in [5.41, 5.74) is -0.940. The first-order chi connectivity index (χ1) is 13.5. The number of hydrogen-bond donors (Lipinski definition) is 1. The first-order valence-electron chi connectivity index (χ1n) is 8.43. The van der Waals surface area contributed by atoms with Crippen molar-refractivity contribution >= 4 is 50.7 Å². The van der Waals surface area contributed by atoms with E-state index in [2.05, 4.69) is 4.72 Å². The van der Waals surface area contributed by atoms with Gasteiger partial charge in [0.1, 0.15) is 0 Å². The molecule has 0 aromatic heterocycles. The Hall–Kier alpha value is -1.91. The molecule has 1 aliphatic rings. The normalized spacial score (nSPS) is 14.9. The van der Waals surface area contributed by atoms with E-state index >= 15 is 0 Å². The minimum Gasteiger partial charge on any atom is -0.311 e. The summed E-state index contributed by atoms with van der Waals surface area (Å²) in [5, 5.41) is -0.528. The van der Waals surface area contributed by atoms with Crippen molar-refractivity contribution in [2.45, 2.75) is 29.3 Å². The standard InChI is InChI=1S/C18H16ClF3N2O3S2/c1-11(25)24-7-2-8-28-17-6-4-13(10-16(17)24)29(26,27)23-12-3-5-15(19)14(9-12)18(20,21)22/h3-6,9-10,23H,2,7-8H2,1H3. The zero-order valence-corrected chi connectivity index (χ0v) is 17.5. The van der Waals surface area contributed by atoms with E-state index in [-0.39, 0.29) is 16.5 Å². The van der Waals surface area contributed by atoms with Gasteiger partial charge in [0.2, 0.25) is 5.91 Å². The molecular formula is C18H16ClF3N2O3S2. The zero-order chi connectivity index (χ0) is 21.4. The van der Waals surface area contributed by atoms with Crippen LogP contribution in [0.3, 0.4) is 0 Å². The third-order valence-corrected chi connectivity index (χ3v) is 7.08. The highest BCUT2D eigenvalue weighted by Crippen LogP contribution is 2.38. The predicted octanol–water partition coefficient (Wildman–Crippen LogP) is 5.01. The third kappa shape index (κ3) is 4.81. The molecule has 3 rings (SSSR count). The van der Waals surface area contributed by atoms with Gasteiger partial charge >= 0.3 is 6.18 Å². The molecule has 0 saturated carbocycles. The van der Waals surface area contributed by atoms with Gasteiger partial charge in [-0.15, -0.1) is 11.8 Å². The van der Waals surface area contributed by atoms with Gasteiger partial charge in [-0.3, -0.25) is 9.52 Å². The smallest absolute Gasteiger partial charge is 0.311 e. The molecule has 29 heavy (non-hydrogen) atoms. The number of benzene rings is 2. The second-order valence-corrected chi connectivity index (χ2v) is 9.53. The van der Waals surface area contributed by atoms with Crippen molar-refractivity contribution in [2.75, 3.05) is 21.9 Å². The number of carbonyl (C=O) groups excluding carboxylic acids is 1. The Labute approximate surface area is 175 Å². The molecule has 2 aromatic carbocycles. The van der Waals surface area contributed by atoms with E-state index in [0.29, 0.717) is 18.3 Å². The van der Waals surface area contributed by atoms with Gasteiger partial charge in [0, 0.05) is 24.1 Å². The number of alkyl halides is 3. The monoisotopic (exact) mass is 464 g/mol. The lowest BCUT2D eigenvalue weighted by Gasteiger charge is -2.21. The summed E-state index contributed by atoms with van der Waals surface area (Å²) in [6, 6.07) is 7.08. The summed E-state index contributed by atoms with van der Waals surface area (Å²) in [6.45, 7) is 1.85. The Morgan fingerprint density at radius 2 is 1.93 bits per heavy atom. The fourth-order valence-corrected chi connectivity index (χ4v) is 5.14. The van der Waals surface area contributed by atoms with E-state index in [1.54, 1.807) is 6.07 Å². The molecule has 0 aliphatic carbocycles. The lowest BCUT2D eigenvalue weighted by Crippen LogP contribution is -2.29. The van der Waals surface area contributed by atoms with Gasteiger partial charge in [-0.05, 0) is 48.6 Å². The van der Waals surface area contributed by atoms with Crippen LogP contribution in [0.2, 0.25) is 5.02 Å². The van der Waals surface area contributed by atoms with Gasteiger partial charge in [0.05, 0.1) is 21.2 Å². The van der Waals surface area contributed by atoms with E-state index < -0.39 is 26.8 Å². The van der Waals surface area contributed by atoms with Crippen LogP contribution in [-0.4, -0.2) is 26.6 Å². The molecule has 11 heteroatoms. The van der Waals surface area contributed by atoms with E-state index in [4.69, 9.17) is 11.6 Å². The van der Waals surface area contributed by atoms with Crippen LogP contribution in [0.25, 0.3) is 0 Å². The van der Waals surface area contributed by atoms with Crippen LogP contribution < -0.4 is 9.62 Å². The van der Waals surface area contributed by atoms with E-state index in [1.165, 1.54) is 35.7 Å². The van der Waals surface area contributed by atoms with E-state index in [0.717, 1.165) is 29.2 Å². The topological polar surface area (TPSA) is 66.5 Å². The Kier molecular flexibility index (Phi) is 6.07. The van der Waals surface area contributed by atoms with Crippen LogP contribution in [0.15, 0.2) is 46.2 Å². The van der Waals surface area contributed by atoms with E-state index in [1.807, 2.05) is 0 Å². The lowest BCUT2D eigenvalue weighted by molar-refractivity contribution is -0.137. The minimum absolute atomic E-state index is 0.159. The molecular weight excluding hydrogens is 449 g/mol.